The van der Waals surface area contributed by atoms with Gasteiger partial charge in [-0.05, 0) is 22.0 Å². The van der Waals surface area contributed by atoms with Crippen LogP contribution < -0.4 is 10.6 Å². The van der Waals surface area contributed by atoms with Crippen molar-refractivity contribution in [3.05, 3.63) is 33.8 Å². The molecule has 1 fully saturated rings. The number of carbonyl (C=O) groups is 1. The van der Waals surface area contributed by atoms with Gasteiger partial charge in [0.05, 0.1) is 17.9 Å². The zero-order chi connectivity index (χ0) is 14.1. The Hall–Kier alpha value is -1.51. The van der Waals surface area contributed by atoms with E-state index in [0.717, 1.165) is 17.6 Å². The monoisotopic (exact) mass is 356 g/mol. The molecular formula is C11H10BrClN6O. The van der Waals surface area contributed by atoms with Crippen molar-refractivity contribution in [1.29, 1.82) is 0 Å². The summed E-state index contributed by atoms with van der Waals surface area (Å²) < 4.78 is 2.41. The van der Waals surface area contributed by atoms with Crippen molar-refractivity contribution < 1.29 is 4.79 Å². The molecule has 2 aromatic rings. The lowest BCUT2D eigenvalue weighted by molar-refractivity contribution is 0.102. The summed E-state index contributed by atoms with van der Waals surface area (Å²) in [6.45, 7) is 1.68. The Kier molecular flexibility index (Phi) is 3.68. The van der Waals surface area contributed by atoms with E-state index >= 15 is 0 Å². The van der Waals surface area contributed by atoms with Gasteiger partial charge in [-0.25, -0.2) is 9.67 Å². The summed E-state index contributed by atoms with van der Waals surface area (Å²) in [6, 6.07) is 1.94. The van der Waals surface area contributed by atoms with Crippen LogP contribution >= 0.6 is 27.5 Å². The fraction of sp³-hybridized carbons (Fsp3) is 0.273. The normalized spacial score (nSPS) is 14.9. The molecule has 104 valence electrons. The first-order chi connectivity index (χ1) is 9.63. The van der Waals surface area contributed by atoms with Gasteiger partial charge in [0.2, 0.25) is 0 Å². The van der Waals surface area contributed by atoms with Gasteiger partial charge in [-0.2, -0.15) is 0 Å². The van der Waals surface area contributed by atoms with Crippen LogP contribution in [-0.2, 0) is 0 Å². The van der Waals surface area contributed by atoms with Gasteiger partial charge in [-0.3, -0.25) is 4.79 Å². The lowest BCUT2D eigenvalue weighted by atomic mass is 10.2. The van der Waals surface area contributed by atoms with Gasteiger partial charge in [-0.15, -0.1) is 5.10 Å². The third kappa shape index (κ3) is 2.67. The molecule has 7 nitrogen and oxygen atoms in total. The van der Waals surface area contributed by atoms with Gasteiger partial charge in [0.15, 0.2) is 10.8 Å². The van der Waals surface area contributed by atoms with E-state index in [-0.39, 0.29) is 22.8 Å². The Morgan fingerprint density at radius 2 is 2.35 bits per heavy atom. The number of hydrogen-bond acceptors (Lipinski definition) is 5. The molecule has 1 aliphatic rings. The molecule has 0 atom stereocenters. The van der Waals surface area contributed by atoms with Crippen LogP contribution in [0.15, 0.2) is 22.9 Å². The number of halogens is 2. The zero-order valence-electron chi connectivity index (χ0n) is 10.2. The number of pyridine rings is 1. The molecule has 9 heteroatoms. The van der Waals surface area contributed by atoms with Crippen molar-refractivity contribution >= 4 is 39.1 Å². The number of nitrogens with zero attached hydrogens (tertiary/aromatic N) is 4. The molecule has 1 saturated heterocycles. The highest BCUT2D eigenvalue weighted by Gasteiger charge is 2.22. The predicted molar refractivity (Wildman–Crippen MR) is 76.8 cm³/mol. The molecule has 20 heavy (non-hydrogen) atoms. The molecule has 0 saturated carbocycles. The van der Waals surface area contributed by atoms with E-state index in [1.807, 2.05) is 0 Å². The Morgan fingerprint density at radius 3 is 3.05 bits per heavy atom. The number of amides is 1. The molecule has 0 aromatic carbocycles. The predicted octanol–water partition coefficient (Wildman–Crippen LogP) is 1.49. The maximum atomic E-state index is 12.1. The number of anilines is 1. The second kappa shape index (κ2) is 5.47. The van der Waals surface area contributed by atoms with Crippen LogP contribution in [-0.4, -0.2) is 39.0 Å². The van der Waals surface area contributed by atoms with Crippen LogP contribution in [0.3, 0.4) is 0 Å². The van der Waals surface area contributed by atoms with Crippen LogP contribution in [0.4, 0.5) is 5.69 Å². The first kappa shape index (κ1) is 13.5. The lowest BCUT2D eigenvalue weighted by Crippen LogP contribution is -2.43. The largest absolute Gasteiger partial charge is 0.318 e. The molecule has 1 aliphatic heterocycles. The van der Waals surface area contributed by atoms with Crippen LogP contribution in [0.25, 0.3) is 0 Å². The quantitative estimate of drug-likeness (QED) is 0.813. The highest BCUT2D eigenvalue weighted by Crippen LogP contribution is 2.23. The SMILES string of the molecule is O=C(Nc1cc(Br)cnc1Cl)c1cn(C2CNC2)nn1. The maximum Gasteiger partial charge on any atom is 0.277 e. The van der Waals surface area contributed by atoms with Gasteiger partial charge in [-0.1, -0.05) is 16.8 Å². The Balaban J connectivity index is 1.75. The van der Waals surface area contributed by atoms with E-state index in [2.05, 4.69) is 41.9 Å². The topological polar surface area (TPSA) is 84.7 Å². The fourth-order valence-corrected chi connectivity index (χ4v) is 2.20. The Bertz CT molecular complexity index is 656. The molecule has 1 amide bonds. The molecule has 0 bridgehead atoms. The summed E-state index contributed by atoms with van der Waals surface area (Å²) in [6.07, 6.45) is 3.18. The van der Waals surface area contributed by atoms with Crippen molar-refractivity contribution in [2.75, 3.05) is 18.4 Å². The summed E-state index contributed by atoms with van der Waals surface area (Å²) in [5.41, 5.74) is 0.666. The summed E-state index contributed by atoms with van der Waals surface area (Å²) in [7, 11) is 0. The highest BCUT2D eigenvalue weighted by atomic mass is 79.9. The smallest absolute Gasteiger partial charge is 0.277 e. The molecule has 0 radical (unpaired) electrons. The second-order valence-corrected chi connectivity index (χ2v) is 5.62. The van der Waals surface area contributed by atoms with E-state index in [9.17, 15) is 4.79 Å². The summed E-state index contributed by atoms with van der Waals surface area (Å²) in [5.74, 6) is -0.370. The minimum absolute atomic E-state index is 0.220. The molecule has 2 N–H and O–H groups in total. The minimum Gasteiger partial charge on any atom is -0.318 e. The molecule has 0 spiro atoms. The van der Waals surface area contributed by atoms with E-state index in [0.29, 0.717) is 5.69 Å². The lowest BCUT2D eigenvalue weighted by Gasteiger charge is -2.26. The van der Waals surface area contributed by atoms with Crippen molar-refractivity contribution in [1.82, 2.24) is 25.3 Å². The molecule has 2 aromatic heterocycles. The number of rotatable bonds is 3. The van der Waals surface area contributed by atoms with Crippen LogP contribution in [0.1, 0.15) is 16.5 Å². The Morgan fingerprint density at radius 1 is 1.55 bits per heavy atom. The van der Waals surface area contributed by atoms with Gasteiger partial charge in [0, 0.05) is 23.8 Å². The molecular weight excluding hydrogens is 348 g/mol. The van der Waals surface area contributed by atoms with Crippen molar-refractivity contribution in [3.63, 3.8) is 0 Å². The standard InChI is InChI=1S/C11H10BrClN6O/c12-6-1-8(10(13)15-2-6)16-11(20)9-5-19(18-17-9)7-3-14-4-7/h1-2,5,7,14H,3-4H2,(H,16,20). The summed E-state index contributed by atoms with van der Waals surface area (Å²) in [4.78, 5) is 16.0. The fourth-order valence-electron chi connectivity index (χ4n) is 1.72. The van der Waals surface area contributed by atoms with Gasteiger partial charge in [0.1, 0.15) is 0 Å². The first-order valence-corrected chi connectivity index (χ1v) is 7.05. The molecule has 3 heterocycles. The van der Waals surface area contributed by atoms with Gasteiger partial charge >= 0.3 is 0 Å². The van der Waals surface area contributed by atoms with E-state index in [4.69, 9.17) is 11.6 Å². The van der Waals surface area contributed by atoms with E-state index in [1.165, 1.54) is 0 Å². The average molecular weight is 358 g/mol. The molecule has 0 aliphatic carbocycles. The van der Waals surface area contributed by atoms with E-state index in [1.54, 1.807) is 23.1 Å². The maximum absolute atomic E-state index is 12.1. The number of aromatic nitrogens is 4. The third-order valence-corrected chi connectivity index (χ3v) is 3.67. The number of hydrogen-bond donors (Lipinski definition) is 2. The van der Waals surface area contributed by atoms with Gasteiger partial charge in [0.25, 0.3) is 5.91 Å². The number of nitrogens with one attached hydrogen (secondary N) is 2. The van der Waals surface area contributed by atoms with Crippen molar-refractivity contribution in [3.8, 4) is 0 Å². The first-order valence-electron chi connectivity index (χ1n) is 5.88. The van der Waals surface area contributed by atoms with Crippen LogP contribution in [0.5, 0.6) is 0 Å². The van der Waals surface area contributed by atoms with Crippen molar-refractivity contribution in [2.45, 2.75) is 6.04 Å². The molecule has 0 unspecified atom stereocenters. The molecule has 3 rings (SSSR count). The zero-order valence-corrected chi connectivity index (χ0v) is 12.5. The van der Waals surface area contributed by atoms with Crippen molar-refractivity contribution in [2.24, 2.45) is 0 Å². The minimum atomic E-state index is -0.370. The average Bonchev–Trinajstić information content (AvgIpc) is 2.81. The second-order valence-electron chi connectivity index (χ2n) is 4.34. The van der Waals surface area contributed by atoms with Gasteiger partial charge < -0.3 is 10.6 Å². The number of carbonyl (C=O) groups excluding carboxylic acids is 1. The van der Waals surface area contributed by atoms with E-state index < -0.39 is 0 Å². The van der Waals surface area contributed by atoms with Crippen LogP contribution in [0, 0.1) is 0 Å². The summed E-state index contributed by atoms with van der Waals surface area (Å²) in [5, 5.41) is 13.8. The third-order valence-electron chi connectivity index (χ3n) is 2.93. The Labute approximate surface area is 127 Å². The highest BCUT2D eigenvalue weighted by molar-refractivity contribution is 9.10. The summed E-state index contributed by atoms with van der Waals surface area (Å²) >= 11 is 9.19. The van der Waals surface area contributed by atoms with Crippen LogP contribution in [0.2, 0.25) is 5.15 Å².